The monoisotopic (exact) mass is 357 g/mol. The molecule has 3 rings (SSSR count). The van der Waals surface area contributed by atoms with Crippen molar-refractivity contribution in [3.63, 3.8) is 0 Å². The fourth-order valence-corrected chi connectivity index (χ4v) is 3.49. The molecule has 132 valence electrons. The molecule has 0 spiro atoms. The van der Waals surface area contributed by atoms with E-state index in [9.17, 15) is 4.79 Å². The molecule has 1 saturated heterocycles. The number of likely N-dealkylation sites (N-methyl/N-ethyl adjacent to an activating group) is 1. The molecule has 1 fully saturated rings. The lowest BCUT2D eigenvalue weighted by atomic mass is 10.1. The molecule has 2 heterocycles. The first-order chi connectivity index (χ1) is 12.0. The minimum atomic E-state index is 0.138. The zero-order valence-corrected chi connectivity index (χ0v) is 15.5. The average molecular weight is 358 g/mol. The molecule has 2 aromatic rings. The predicted molar refractivity (Wildman–Crippen MR) is 101 cm³/mol. The van der Waals surface area contributed by atoms with Gasteiger partial charge in [0.1, 0.15) is 0 Å². The molecule has 1 amide bonds. The maximum absolute atomic E-state index is 12.1. The van der Waals surface area contributed by atoms with Crippen molar-refractivity contribution in [3.05, 3.63) is 64.4 Å². The molecule has 1 aliphatic rings. The lowest BCUT2D eigenvalue weighted by Gasteiger charge is -2.25. The molecule has 1 aromatic heterocycles. The van der Waals surface area contributed by atoms with Crippen molar-refractivity contribution in [1.29, 1.82) is 0 Å². The van der Waals surface area contributed by atoms with Crippen LogP contribution in [0.3, 0.4) is 0 Å². The van der Waals surface area contributed by atoms with Crippen molar-refractivity contribution in [2.45, 2.75) is 25.3 Å². The first-order valence-electron chi connectivity index (χ1n) is 8.68. The number of benzene rings is 1. The van der Waals surface area contributed by atoms with Crippen LogP contribution in [0.15, 0.2) is 42.5 Å². The van der Waals surface area contributed by atoms with Gasteiger partial charge in [-0.3, -0.25) is 14.7 Å². The molecule has 25 heavy (non-hydrogen) atoms. The number of carbonyl (C=O) groups is 1. The summed E-state index contributed by atoms with van der Waals surface area (Å²) in [6.07, 6.45) is 2.86. The highest BCUT2D eigenvalue weighted by Crippen LogP contribution is 2.31. The number of carbonyl (C=O) groups excluding carboxylic acids is 1. The van der Waals surface area contributed by atoms with E-state index in [1.54, 1.807) is 19.0 Å². The van der Waals surface area contributed by atoms with Gasteiger partial charge in [0, 0.05) is 31.2 Å². The van der Waals surface area contributed by atoms with E-state index in [0.29, 0.717) is 6.54 Å². The van der Waals surface area contributed by atoms with Crippen molar-refractivity contribution in [2.75, 3.05) is 27.2 Å². The first-order valence-corrected chi connectivity index (χ1v) is 9.06. The van der Waals surface area contributed by atoms with E-state index in [1.165, 1.54) is 0 Å². The second-order valence-electron chi connectivity index (χ2n) is 6.74. The predicted octanol–water partition coefficient (Wildman–Crippen LogP) is 3.55. The van der Waals surface area contributed by atoms with E-state index < -0.39 is 0 Å². The maximum Gasteiger partial charge on any atom is 0.236 e. The summed E-state index contributed by atoms with van der Waals surface area (Å²) in [4.78, 5) is 20.8. The Balaban J connectivity index is 1.76. The van der Waals surface area contributed by atoms with Crippen molar-refractivity contribution < 1.29 is 4.79 Å². The zero-order chi connectivity index (χ0) is 17.8. The Kier molecular flexibility index (Phi) is 5.71. The van der Waals surface area contributed by atoms with Crippen molar-refractivity contribution >= 4 is 17.5 Å². The highest BCUT2D eigenvalue weighted by atomic mass is 35.5. The molecule has 0 N–H and O–H groups in total. The van der Waals surface area contributed by atoms with E-state index in [4.69, 9.17) is 16.6 Å². The number of hydrogen-bond acceptors (Lipinski definition) is 3. The fourth-order valence-electron chi connectivity index (χ4n) is 3.28. The van der Waals surface area contributed by atoms with E-state index in [2.05, 4.69) is 17.0 Å². The molecule has 0 bridgehead atoms. The van der Waals surface area contributed by atoms with Crippen molar-refractivity contribution in [2.24, 2.45) is 0 Å². The van der Waals surface area contributed by atoms with Gasteiger partial charge in [0.2, 0.25) is 5.91 Å². The number of pyridine rings is 1. The third-order valence-corrected chi connectivity index (χ3v) is 5.07. The van der Waals surface area contributed by atoms with Gasteiger partial charge in [0.05, 0.1) is 18.3 Å². The van der Waals surface area contributed by atoms with E-state index in [-0.39, 0.29) is 11.9 Å². The number of halogens is 1. The number of amides is 1. The van der Waals surface area contributed by atoms with Gasteiger partial charge in [-0.15, -0.1) is 0 Å². The largest absolute Gasteiger partial charge is 0.348 e. The number of rotatable bonds is 5. The van der Waals surface area contributed by atoms with Gasteiger partial charge in [-0.25, -0.2) is 0 Å². The van der Waals surface area contributed by atoms with Crippen LogP contribution in [0.5, 0.6) is 0 Å². The smallest absolute Gasteiger partial charge is 0.236 e. The zero-order valence-electron chi connectivity index (χ0n) is 14.8. The van der Waals surface area contributed by atoms with Crippen molar-refractivity contribution in [3.8, 4) is 0 Å². The molecule has 1 aromatic carbocycles. The molecule has 1 aliphatic heterocycles. The maximum atomic E-state index is 12.1. The number of likely N-dealkylation sites (tertiary alicyclic amines) is 1. The Morgan fingerprint density at radius 3 is 2.80 bits per heavy atom. The quantitative estimate of drug-likeness (QED) is 0.821. The van der Waals surface area contributed by atoms with Gasteiger partial charge < -0.3 is 4.90 Å². The van der Waals surface area contributed by atoms with Crippen LogP contribution in [0.25, 0.3) is 0 Å². The average Bonchev–Trinajstić information content (AvgIpc) is 3.05. The van der Waals surface area contributed by atoms with Gasteiger partial charge in [0.15, 0.2) is 0 Å². The SMILES string of the molecule is CN(C)C(=O)CN1CCCC1c1cccc(Cc2ccccc2Cl)n1. The van der Waals surface area contributed by atoms with Crippen LogP contribution < -0.4 is 0 Å². The Hall–Kier alpha value is -1.91. The van der Waals surface area contributed by atoms with Crippen LogP contribution >= 0.6 is 11.6 Å². The second-order valence-corrected chi connectivity index (χ2v) is 7.15. The second kappa shape index (κ2) is 7.98. The Morgan fingerprint density at radius 2 is 2.04 bits per heavy atom. The molecule has 0 aliphatic carbocycles. The molecule has 1 unspecified atom stereocenters. The summed E-state index contributed by atoms with van der Waals surface area (Å²) in [5.74, 6) is 0.138. The minimum absolute atomic E-state index is 0.138. The lowest BCUT2D eigenvalue weighted by Crippen LogP contribution is -2.36. The van der Waals surface area contributed by atoms with Crippen LogP contribution in [-0.4, -0.2) is 47.9 Å². The number of nitrogens with zero attached hydrogens (tertiary/aromatic N) is 3. The van der Waals surface area contributed by atoms with E-state index >= 15 is 0 Å². The van der Waals surface area contributed by atoms with Crippen LogP contribution in [0, 0.1) is 0 Å². The van der Waals surface area contributed by atoms with E-state index in [0.717, 1.165) is 47.8 Å². The topological polar surface area (TPSA) is 36.4 Å². The van der Waals surface area contributed by atoms with Gasteiger partial charge >= 0.3 is 0 Å². The summed E-state index contributed by atoms with van der Waals surface area (Å²) in [5, 5.41) is 0.772. The molecule has 0 radical (unpaired) electrons. The van der Waals surface area contributed by atoms with Gasteiger partial charge in [-0.1, -0.05) is 35.9 Å². The molecular formula is C20H24ClN3O. The third kappa shape index (κ3) is 4.39. The van der Waals surface area contributed by atoms with Crippen LogP contribution in [-0.2, 0) is 11.2 Å². The first kappa shape index (κ1) is 17.9. The number of hydrogen-bond donors (Lipinski definition) is 0. The lowest BCUT2D eigenvalue weighted by molar-refractivity contribution is -0.130. The van der Waals surface area contributed by atoms with Crippen LogP contribution in [0.1, 0.15) is 35.8 Å². The Bertz CT molecular complexity index is 747. The molecular weight excluding hydrogens is 334 g/mol. The third-order valence-electron chi connectivity index (χ3n) is 4.70. The van der Waals surface area contributed by atoms with Crippen LogP contribution in [0.2, 0.25) is 5.02 Å². The van der Waals surface area contributed by atoms with Gasteiger partial charge in [0.25, 0.3) is 0 Å². The summed E-state index contributed by atoms with van der Waals surface area (Å²) < 4.78 is 0. The van der Waals surface area contributed by atoms with Gasteiger partial charge in [-0.05, 0) is 43.1 Å². The summed E-state index contributed by atoms with van der Waals surface area (Å²) in [6.45, 7) is 1.40. The fraction of sp³-hybridized carbons (Fsp3) is 0.400. The Labute approximate surface area is 154 Å². The summed E-state index contributed by atoms with van der Waals surface area (Å²) in [6, 6.07) is 14.3. The van der Waals surface area contributed by atoms with Crippen LogP contribution in [0.4, 0.5) is 0 Å². The summed E-state index contributed by atoms with van der Waals surface area (Å²) in [5.41, 5.74) is 3.14. The normalized spacial score (nSPS) is 17.6. The standard InChI is InChI=1S/C20H24ClN3O/c1-23(2)20(25)14-24-12-6-11-19(24)18-10-5-8-16(22-18)13-15-7-3-4-9-17(15)21/h3-5,7-10,19H,6,11-14H2,1-2H3. The molecule has 0 saturated carbocycles. The summed E-state index contributed by atoms with van der Waals surface area (Å²) >= 11 is 6.27. The highest BCUT2D eigenvalue weighted by molar-refractivity contribution is 6.31. The molecule has 5 heteroatoms. The van der Waals surface area contributed by atoms with Gasteiger partial charge in [-0.2, -0.15) is 0 Å². The molecule has 1 atom stereocenters. The Morgan fingerprint density at radius 1 is 1.24 bits per heavy atom. The highest BCUT2D eigenvalue weighted by Gasteiger charge is 2.29. The summed E-state index contributed by atoms with van der Waals surface area (Å²) in [7, 11) is 3.60. The van der Waals surface area contributed by atoms with E-state index in [1.807, 2.05) is 30.3 Å². The van der Waals surface area contributed by atoms with Crippen molar-refractivity contribution in [1.82, 2.24) is 14.8 Å². The number of aromatic nitrogens is 1. The minimum Gasteiger partial charge on any atom is -0.348 e. The molecule has 4 nitrogen and oxygen atoms in total.